The highest BCUT2D eigenvalue weighted by molar-refractivity contribution is 5.68. The molecule has 0 spiro atoms. The number of hydrogen-bond donors (Lipinski definition) is 0. The molecule has 0 N–H and O–H groups in total. The van der Waals surface area contributed by atoms with Crippen LogP contribution in [-0.2, 0) is 4.74 Å². The lowest BCUT2D eigenvalue weighted by Crippen LogP contribution is -2.62. The van der Waals surface area contributed by atoms with Crippen LogP contribution < -0.4 is 0 Å². The van der Waals surface area contributed by atoms with Crippen LogP contribution >= 0.6 is 0 Å². The van der Waals surface area contributed by atoms with Crippen molar-refractivity contribution in [2.75, 3.05) is 46.3 Å². The summed E-state index contributed by atoms with van der Waals surface area (Å²) < 4.78 is 5.44. The van der Waals surface area contributed by atoms with E-state index in [1.54, 1.807) is 0 Å². The number of amides is 1. The van der Waals surface area contributed by atoms with Gasteiger partial charge in [-0.1, -0.05) is 13.8 Å². The second-order valence-corrected chi connectivity index (χ2v) is 6.38. The van der Waals surface area contributed by atoms with Gasteiger partial charge >= 0.3 is 6.09 Å². The van der Waals surface area contributed by atoms with Crippen LogP contribution in [-0.4, -0.2) is 78.8 Å². The molecular formula is C15H31N3O2. The van der Waals surface area contributed by atoms with Gasteiger partial charge in [0.1, 0.15) is 5.60 Å². The van der Waals surface area contributed by atoms with Crippen molar-refractivity contribution in [1.29, 1.82) is 0 Å². The van der Waals surface area contributed by atoms with Crippen molar-refractivity contribution < 1.29 is 9.53 Å². The zero-order chi connectivity index (χ0) is 15.3. The molecule has 20 heavy (non-hydrogen) atoms. The second kappa shape index (κ2) is 7.27. The fourth-order valence-electron chi connectivity index (χ4n) is 2.60. The van der Waals surface area contributed by atoms with E-state index in [-0.39, 0.29) is 6.09 Å². The maximum atomic E-state index is 12.0. The van der Waals surface area contributed by atoms with Crippen LogP contribution in [0.2, 0.25) is 0 Å². The van der Waals surface area contributed by atoms with Gasteiger partial charge in [0, 0.05) is 45.3 Å². The quantitative estimate of drug-likeness (QED) is 0.681. The minimum absolute atomic E-state index is 0.171. The number of carbonyl (C=O) groups is 1. The molecule has 0 aromatic heterocycles. The predicted octanol–water partition coefficient (Wildman–Crippen LogP) is 1.88. The molecule has 0 aliphatic carbocycles. The van der Waals surface area contributed by atoms with Gasteiger partial charge in [0.15, 0.2) is 0 Å². The molecule has 2 saturated heterocycles. The summed E-state index contributed by atoms with van der Waals surface area (Å²) in [5, 5.41) is 0. The normalized spacial score (nSPS) is 24.5. The van der Waals surface area contributed by atoms with Gasteiger partial charge < -0.3 is 14.5 Å². The van der Waals surface area contributed by atoms with E-state index in [2.05, 4.69) is 16.8 Å². The molecule has 2 aliphatic rings. The number of piperazine rings is 2. The first-order valence-electron chi connectivity index (χ1n) is 7.76. The zero-order valence-corrected chi connectivity index (χ0v) is 14.0. The summed E-state index contributed by atoms with van der Waals surface area (Å²) in [5.41, 5.74) is -0.405. The number of likely N-dealkylation sites (N-methyl/N-ethyl adjacent to an activating group) is 1. The molecule has 0 aromatic carbocycles. The number of rotatable bonds is 0. The molecule has 1 amide bonds. The smallest absolute Gasteiger partial charge is 0.410 e. The Hall–Kier alpha value is -0.810. The van der Waals surface area contributed by atoms with Crippen molar-refractivity contribution in [2.24, 2.45) is 0 Å². The molecule has 2 heterocycles. The highest BCUT2D eigenvalue weighted by Gasteiger charge is 2.34. The van der Waals surface area contributed by atoms with Gasteiger partial charge in [-0.3, -0.25) is 4.90 Å². The number of carbonyl (C=O) groups excluding carboxylic acids is 1. The summed E-state index contributed by atoms with van der Waals surface area (Å²) >= 11 is 0. The molecule has 0 aromatic rings. The van der Waals surface area contributed by atoms with Crippen LogP contribution in [0.1, 0.15) is 34.6 Å². The topological polar surface area (TPSA) is 36.0 Å². The highest BCUT2D eigenvalue weighted by atomic mass is 16.6. The lowest BCUT2D eigenvalue weighted by atomic mass is 10.1. The van der Waals surface area contributed by atoms with Crippen LogP contribution in [0.3, 0.4) is 0 Å². The van der Waals surface area contributed by atoms with Gasteiger partial charge in [-0.15, -0.1) is 0 Å². The SMILES string of the molecule is CC.CN1CCN2CCN(C(=O)OC(C)(C)C)CC2C1. The first-order chi connectivity index (χ1) is 9.35. The summed E-state index contributed by atoms with van der Waals surface area (Å²) in [6.07, 6.45) is -0.171. The Morgan fingerprint density at radius 2 is 1.65 bits per heavy atom. The third kappa shape index (κ3) is 4.94. The van der Waals surface area contributed by atoms with Crippen molar-refractivity contribution in [2.45, 2.75) is 46.3 Å². The minimum atomic E-state index is -0.405. The molecule has 2 aliphatic heterocycles. The fraction of sp³-hybridized carbons (Fsp3) is 0.933. The number of hydrogen-bond acceptors (Lipinski definition) is 4. The molecular weight excluding hydrogens is 254 g/mol. The second-order valence-electron chi connectivity index (χ2n) is 6.38. The number of ether oxygens (including phenoxy) is 1. The maximum absolute atomic E-state index is 12.0. The standard InChI is InChI=1S/C13H25N3O2.C2H6/c1-13(2,3)18-12(17)16-8-7-15-6-5-14(4)9-11(15)10-16;1-2/h11H,5-10H2,1-4H3;1-2H3. The van der Waals surface area contributed by atoms with Crippen molar-refractivity contribution >= 4 is 6.09 Å². The van der Waals surface area contributed by atoms with E-state index in [0.29, 0.717) is 6.04 Å². The largest absolute Gasteiger partial charge is 0.444 e. The van der Waals surface area contributed by atoms with E-state index in [1.807, 2.05) is 39.5 Å². The van der Waals surface area contributed by atoms with Crippen molar-refractivity contribution in [3.05, 3.63) is 0 Å². The van der Waals surface area contributed by atoms with Crippen molar-refractivity contribution in [3.8, 4) is 0 Å². The van der Waals surface area contributed by atoms with E-state index in [4.69, 9.17) is 4.74 Å². The first-order valence-corrected chi connectivity index (χ1v) is 7.76. The van der Waals surface area contributed by atoms with E-state index in [1.165, 1.54) is 0 Å². The third-order valence-corrected chi connectivity index (χ3v) is 3.55. The Labute approximate surface area is 123 Å². The van der Waals surface area contributed by atoms with E-state index in [0.717, 1.165) is 39.3 Å². The molecule has 0 saturated carbocycles. The van der Waals surface area contributed by atoms with Crippen molar-refractivity contribution in [1.82, 2.24) is 14.7 Å². The molecule has 2 fully saturated rings. The molecule has 118 valence electrons. The Bertz CT molecular complexity index is 315. The lowest BCUT2D eigenvalue weighted by Gasteiger charge is -2.46. The lowest BCUT2D eigenvalue weighted by molar-refractivity contribution is -0.0114. The first kappa shape index (κ1) is 17.2. The Morgan fingerprint density at radius 3 is 2.25 bits per heavy atom. The summed E-state index contributed by atoms with van der Waals surface area (Å²) in [7, 11) is 2.14. The van der Waals surface area contributed by atoms with E-state index in [9.17, 15) is 4.79 Å². The van der Waals surface area contributed by atoms with Gasteiger partial charge in [-0.05, 0) is 27.8 Å². The third-order valence-electron chi connectivity index (χ3n) is 3.55. The van der Waals surface area contributed by atoms with Gasteiger partial charge in [0.05, 0.1) is 0 Å². The van der Waals surface area contributed by atoms with Crippen LogP contribution in [0.4, 0.5) is 4.79 Å². The molecule has 2 rings (SSSR count). The van der Waals surface area contributed by atoms with Crippen LogP contribution in [0, 0.1) is 0 Å². The van der Waals surface area contributed by atoms with Crippen LogP contribution in [0.15, 0.2) is 0 Å². The molecule has 0 radical (unpaired) electrons. The number of nitrogens with zero attached hydrogens (tertiary/aromatic N) is 3. The van der Waals surface area contributed by atoms with Gasteiger partial charge in [0.25, 0.3) is 0 Å². The predicted molar refractivity (Wildman–Crippen MR) is 82.0 cm³/mol. The minimum Gasteiger partial charge on any atom is -0.444 e. The Balaban J connectivity index is 0.000000956. The van der Waals surface area contributed by atoms with Gasteiger partial charge in [-0.25, -0.2) is 4.79 Å². The summed E-state index contributed by atoms with van der Waals surface area (Å²) in [5.74, 6) is 0. The Kier molecular flexibility index (Phi) is 6.27. The monoisotopic (exact) mass is 285 g/mol. The summed E-state index contributed by atoms with van der Waals surface area (Å²) in [4.78, 5) is 18.7. The summed E-state index contributed by atoms with van der Waals surface area (Å²) in [6, 6.07) is 0.463. The maximum Gasteiger partial charge on any atom is 0.410 e. The van der Waals surface area contributed by atoms with Crippen LogP contribution in [0.5, 0.6) is 0 Å². The van der Waals surface area contributed by atoms with E-state index >= 15 is 0 Å². The van der Waals surface area contributed by atoms with Crippen LogP contribution in [0.25, 0.3) is 0 Å². The van der Waals surface area contributed by atoms with Crippen molar-refractivity contribution in [3.63, 3.8) is 0 Å². The molecule has 1 unspecified atom stereocenters. The van der Waals surface area contributed by atoms with E-state index < -0.39 is 5.60 Å². The average molecular weight is 285 g/mol. The molecule has 1 atom stereocenters. The highest BCUT2D eigenvalue weighted by Crippen LogP contribution is 2.17. The fourth-order valence-corrected chi connectivity index (χ4v) is 2.60. The van der Waals surface area contributed by atoms with Gasteiger partial charge in [0.2, 0.25) is 0 Å². The molecule has 5 heteroatoms. The summed E-state index contributed by atoms with van der Waals surface area (Å²) in [6.45, 7) is 15.6. The Morgan fingerprint density at radius 1 is 1.05 bits per heavy atom. The molecule has 0 bridgehead atoms. The average Bonchev–Trinajstić information content (AvgIpc) is 2.38. The zero-order valence-electron chi connectivity index (χ0n) is 14.0. The number of fused-ring (bicyclic) bond motifs is 1. The van der Waals surface area contributed by atoms with Gasteiger partial charge in [-0.2, -0.15) is 0 Å². The molecule has 5 nitrogen and oxygen atoms in total.